The van der Waals surface area contributed by atoms with Crippen LogP contribution in [0.3, 0.4) is 0 Å². The Hall–Kier alpha value is -2.48. The first-order valence-corrected chi connectivity index (χ1v) is 10.5. The maximum atomic E-state index is 14.8. The summed E-state index contributed by atoms with van der Waals surface area (Å²) in [5.41, 5.74) is 0.295. The molecule has 5 atom stereocenters. The van der Waals surface area contributed by atoms with Gasteiger partial charge in [0.05, 0.1) is 24.9 Å². The van der Waals surface area contributed by atoms with Crippen LogP contribution in [0.1, 0.15) is 11.7 Å². The summed E-state index contributed by atoms with van der Waals surface area (Å²) in [6.45, 7) is -0.911. The minimum absolute atomic E-state index is 0.0103. The fourth-order valence-electron chi connectivity index (χ4n) is 3.21. The largest absolute Gasteiger partial charge is 0.496 e. The summed E-state index contributed by atoms with van der Waals surface area (Å²) in [5, 5.41) is 51.8. The van der Waals surface area contributed by atoms with Gasteiger partial charge in [-0.15, -0.1) is 0 Å². The third-order valence-electron chi connectivity index (χ3n) is 5.05. The van der Waals surface area contributed by atoms with Crippen LogP contribution in [0, 0.1) is 5.82 Å². The summed E-state index contributed by atoms with van der Waals surface area (Å²) in [6, 6.07) is 7.13. The highest BCUT2D eigenvalue weighted by Gasteiger charge is 2.37. The van der Waals surface area contributed by atoms with Crippen LogP contribution in [0.25, 0.3) is 10.9 Å². The van der Waals surface area contributed by atoms with Crippen LogP contribution in [0.15, 0.2) is 41.1 Å². The number of hydrogen-bond donors (Lipinski definition) is 6. The van der Waals surface area contributed by atoms with Crippen LogP contribution < -0.4 is 10.1 Å². The van der Waals surface area contributed by atoms with Crippen molar-refractivity contribution in [3.05, 3.63) is 52.5 Å². The molecule has 0 aliphatic rings. The van der Waals surface area contributed by atoms with Crippen LogP contribution in [0.2, 0.25) is 0 Å². The molecular formula is C21H22BrF2N3O6. The van der Waals surface area contributed by atoms with Gasteiger partial charge in [-0.25, -0.2) is 18.7 Å². The predicted molar refractivity (Wildman–Crippen MR) is 118 cm³/mol. The van der Waals surface area contributed by atoms with Gasteiger partial charge in [0.25, 0.3) is 0 Å². The second-order valence-electron chi connectivity index (χ2n) is 7.20. The van der Waals surface area contributed by atoms with E-state index in [1.165, 1.54) is 37.7 Å². The normalized spacial score (nSPS) is 16.2. The Morgan fingerprint density at radius 2 is 1.82 bits per heavy atom. The molecule has 0 bridgehead atoms. The van der Waals surface area contributed by atoms with E-state index in [4.69, 9.17) is 9.84 Å². The lowest BCUT2D eigenvalue weighted by atomic mass is 9.95. The van der Waals surface area contributed by atoms with Crippen molar-refractivity contribution in [3.63, 3.8) is 0 Å². The zero-order chi connectivity index (χ0) is 24.3. The highest BCUT2D eigenvalue weighted by Crippen LogP contribution is 2.36. The van der Waals surface area contributed by atoms with Gasteiger partial charge >= 0.3 is 0 Å². The van der Waals surface area contributed by atoms with E-state index in [-0.39, 0.29) is 28.3 Å². The number of hydrogen-bond acceptors (Lipinski definition) is 9. The summed E-state index contributed by atoms with van der Waals surface area (Å²) in [4.78, 5) is 8.21. The van der Waals surface area contributed by atoms with E-state index in [0.29, 0.717) is 9.86 Å². The number of rotatable bonds is 9. The molecule has 0 fully saturated rings. The molecule has 0 saturated heterocycles. The lowest BCUT2D eigenvalue weighted by molar-refractivity contribution is -0.119. The number of methoxy groups -OCH3 is 1. The first-order valence-electron chi connectivity index (χ1n) is 9.69. The molecule has 178 valence electrons. The molecule has 1 aromatic heterocycles. The van der Waals surface area contributed by atoms with Crippen molar-refractivity contribution in [1.82, 2.24) is 9.97 Å². The fraction of sp³-hybridized carbons (Fsp3) is 0.333. The van der Waals surface area contributed by atoms with Gasteiger partial charge in [0.1, 0.15) is 48.1 Å². The number of benzene rings is 2. The Bertz CT molecular complexity index is 1120. The van der Waals surface area contributed by atoms with Gasteiger partial charge in [-0.1, -0.05) is 15.9 Å². The second kappa shape index (κ2) is 10.6. The molecule has 0 aliphatic heterocycles. The number of alkyl halides is 1. The molecule has 33 heavy (non-hydrogen) atoms. The lowest BCUT2D eigenvalue weighted by Crippen LogP contribution is -2.46. The number of nitrogens with one attached hydrogen (secondary N) is 1. The maximum Gasteiger partial charge on any atom is 0.159 e. The molecule has 0 saturated carbocycles. The highest BCUT2D eigenvalue weighted by atomic mass is 79.9. The first-order chi connectivity index (χ1) is 15.7. The smallest absolute Gasteiger partial charge is 0.159 e. The van der Waals surface area contributed by atoms with Crippen molar-refractivity contribution in [3.8, 4) is 5.75 Å². The van der Waals surface area contributed by atoms with Crippen molar-refractivity contribution in [2.45, 2.75) is 30.6 Å². The quantitative estimate of drug-likeness (QED) is 0.243. The third kappa shape index (κ3) is 5.37. The minimum Gasteiger partial charge on any atom is -0.496 e. The SMILES string of the molecule is COc1cc2c(Nc3ccc(Br)cc3F)ncnc2cc1C(O)[C@@H](F)[C@H](O)[C@@H](O)[C@H](O)CO. The molecular weight excluding hydrogens is 508 g/mol. The molecule has 3 aromatic rings. The van der Waals surface area contributed by atoms with Crippen LogP contribution in [-0.4, -0.2) is 73.7 Å². The van der Waals surface area contributed by atoms with Crippen molar-refractivity contribution in [1.29, 1.82) is 0 Å². The number of aliphatic hydroxyl groups is 5. The molecule has 0 radical (unpaired) electrons. The van der Waals surface area contributed by atoms with Crippen molar-refractivity contribution in [2.24, 2.45) is 0 Å². The summed E-state index contributed by atoms with van der Waals surface area (Å²) < 4.78 is 34.8. The fourth-order valence-corrected chi connectivity index (χ4v) is 3.54. The van der Waals surface area contributed by atoms with E-state index in [2.05, 4.69) is 31.2 Å². The van der Waals surface area contributed by atoms with Crippen LogP contribution in [-0.2, 0) is 0 Å². The number of aromatic nitrogens is 2. The zero-order valence-corrected chi connectivity index (χ0v) is 18.8. The zero-order valence-electron chi connectivity index (χ0n) is 17.2. The molecule has 12 heteroatoms. The maximum absolute atomic E-state index is 14.8. The number of halogens is 3. The standard InChI is InChI=1S/C21H22BrF2N3O6/c1-33-16-6-10-14(5-11(16)18(30)17(24)20(32)19(31)15(29)7-28)25-8-26-21(10)27-13-3-2-9(22)4-12(13)23/h2-6,8,15,17-20,28-32H,7H2,1H3,(H,25,26,27)/t15-,17-,18?,19+,20+/m1/s1. The molecule has 0 aliphatic carbocycles. The predicted octanol–water partition coefficient (Wildman–Crippen LogP) is 1.73. The van der Waals surface area contributed by atoms with E-state index < -0.39 is 43.0 Å². The summed E-state index contributed by atoms with van der Waals surface area (Å²) >= 11 is 3.18. The average Bonchev–Trinajstić information content (AvgIpc) is 2.82. The second-order valence-corrected chi connectivity index (χ2v) is 8.12. The van der Waals surface area contributed by atoms with Gasteiger partial charge in [-0.05, 0) is 30.3 Å². The van der Waals surface area contributed by atoms with E-state index >= 15 is 0 Å². The van der Waals surface area contributed by atoms with E-state index in [1.54, 1.807) is 6.07 Å². The van der Waals surface area contributed by atoms with Crippen LogP contribution in [0.5, 0.6) is 5.75 Å². The molecule has 0 amide bonds. The summed E-state index contributed by atoms with van der Waals surface area (Å²) in [6.07, 6.45) is -9.27. The Kier molecular flexibility index (Phi) is 8.10. The minimum atomic E-state index is -2.44. The van der Waals surface area contributed by atoms with E-state index in [9.17, 15) is 29.2 Å². The third-order valence-corrected chi connectivity index (χ3v) is 5.54. The number of aliphatic hydroxyl groups excluding tert-OH is 5. The number of nitrogens with zero attached hydrogens (tertiary/aromatic N) is 2. The number of anilines is 2. The Morgan fingerprint density at radius 3 is 2.45 bits per heavy atom. The van der Waals surface area contributed by atoms with Gasteiger partial charge in [0.15, 0.2) is 6.17 Å². The van der Waals surface area contributed by atoms with Gasteiger partial charge in [-0.3, -0.25) is 0 Å². The molecule has 2 aromatic carbocycles. The monoisotopic (exact) mass is 529 g/mol. The van der Waals surface area contributed by atoms with Crippen molar-refractivity contribution < 1.29 is 39.1 Å². The van der Waals surface area contributed by atoms with E-state index in [0.717, 1.165) is 0 Å². The summed E-state index contributed by atoms with van der Waals surface area (Å²) in [7, 11) is 1.27. The van der Waals surface area contributed by atoms with Crippen LogP contribution in [0.4, 0.5) is 20.3 Å². The van der Waals surface area contributed by atoms with Gasteiger partial charge in [0, 0.05) is 15.4 Å². The molecule has 9 nitrogen and oxygen atoms in total. The topological polar surface area (TPSA) is 148 Å². The first kappa shape index (κ1) is 25.1. The molecule has 1 unspecified atom stereocenters. The Morgan fingerprint density at radius 1 is 1.09 bits per heavy atom. The molecule has 0 spiro atoms. The number of ether oxygens (including phenoxy) is 1. The number of fused-ring (bicyclic) bond motifs is 1. The van der Waals surface area contributed by atoms with Crippen molar-refractivity contribution >= 4 is 38.3 Å². The lowest BCUT2D eigenvalue weighted by Gasteiger charge is -2.27. The van der Waals surface area contributed by atoms with Crippen LogP contribution >= 0.6 is 15.9 Å². The molecule has 1 heterocycles. The average molecular weight is 530 g/mol. The Balaban J connectivity index is 1.98. The van der Waals surface area contributed by atoms with Crippen molar-refractivity contribution in [2.75, 3.05) is 19.0 Å². The molecule has 3 rings (SSSR count). The van der Waals surface area contributed by atoms with Gasteiger partial charge < -0.3 is 35.6 Å². The summed E-state index contributed by atoms with van der Waals surface area (Å²) in [5.74, 6) is -0.303. The van der Waals surface area contributed by atoms with Gasteiger partial charge in [-0.2, -0.15) is 0 Å². The highest BCUT2D eigenvalue weighted by molar-refractivity contribution is 9.10. The van der Waals surface area contributed by atoms with E-state index in [1.807, 2.05) is 0 Å². The molecule has 6 N–H and O–H groups in total. The Labute approximate surface area is 195 Å². The van der Waals surface area contributed by atoms with Gasteiger partial charge in [0.2, 0.25) is 0 Å².